The summed E-state index contributed by atoms with van der Waals surface area (Å²) in [7, 11) is 1.65. The predicted octanol–water partition coefficient (Wildman–Crippen LogP) is 1.10. The van der Waals surface area contributed by atoms with E-state index in [1.807, 2.05) is 36.9 Å². The van der Waals surface area contributed by atoms with Crippen LogP contribution in [0.3, 0.4) is 0 Å². The fraction of sp³-hybridized carbons (Fsp3) is 0.529. The maximum Gasteiger partial charge on any atom is 0.238 e. The lowest BCUT2D eigenvalue weighted by Crippen LogP contribution is -2.59. The lowest BCUT2D eigenvalue weighted by atomic mass is 10.1. The van der Waals surface area contributed by atoms with Crippen LogP contribution in [0, 0.1) is 5.92 Å². The molecule has 2 amide bonds. The summed E-state index contributed by atoms with van der Waals surface area (Å²) < 4.78 is 0. The predicted molar refractivity (Wildman–Crippen MR) is 86.1 cm³/mol. The van der Waals surface area contributed by atoms with Gasteiger partial charge in [0.15, 0.2) is 0 Å². The third-order valence-electron chi connectivity index (χ3n) is 4.07. The van der Waals surface area contributed by atoms with E-state index in [9.17, 15) is 9.59 Å². The first-order valence-electron chi connectivity index (χ1n) is 7.81. The lowest BCUT2D eigenvalue weighted by Gasteiger charge is -2.41. The smallest absolute Gasteiger partial charge is 0.238 e. The number of hydrogen-bond acceptors (Lipinski definition) is 3. The molecule has 1 saturated heterocycles. The molecule has 1 fully saturated rings. The van der Waals surface area contributed by atoms with Crippen molar-refractivity contribution in [2.24, 2.45) is 5.92 Å². The second kappa shape index (κ2) is 7.40. The molecule has 0 bridgehead atoms. The summed E-state index contributed by atoms with van der Waals surface area (Å²) in [6.45, 7) is 6.37. The Morgan fingerprint density at radius 2 is 1.91 bits per heavy atom. The van der Waals surface area contributed by atoms with Gasteiger partial charge in [0.05, 0.1) is 0 Å². The van der Waals surface area contributed by atoms with Crippen molar-refractivity contribution in [2.45, 2.75) is 26.4 Å². The highest BCUT2D eigenvalue weighted by Crippen LogP contribution is 2.16. The minimum Gasteiger partial charge on any atom is -0.358 e. The van der Waals surface area contributed by atoms with E-state index >= 15 is 0 Å². The van der Waals surface area contributed by atoms with Gasteiger partial charge < -0.3 is 10.2 Å². The van der Waals surface area contributed by atoms with Crippen molar-refractivity contribution in [1.29, 1.82) is 0 Å². The maximum atomic E-state index is 12.2. The van der Waals surface area contributed by atoms with Gasteiger partial charge in [-0.2, -0.15) is 0 Å². The van der Waals surface area contributed by atoms with E-state index in [4.69, 9.17) is 0 Å². The molecule has 22 heavy (non-hydrogen) atoms. The van der Waals surface area contributed by atoms with E-state index in [0.29, 0.717) is 19.6 Å². The van der Waals surface area contributed by atoms with Crippen LogP contribution in [0.1, 0.15) is 19.4 Å². The molecule has 1 atom stereocenters. The molecule has 0 aliphatic carbocycles. The van der Waals surface area contributed by atoms with Crippen LogP contribution in [-0.2, 0) is 16.1 Å². The molecule has 0 radical (unpaired) electrons. The summed E-state index contributed by atoms with van der Waals surface area (Å²) in [4.78, 5) is 28.4. The van der Waals surface area contributed by atoms with Crippen molar-refractivity contribution in [2.75, 3.05) is 26.7 Å². The van der Waals surface area contributed by atoms with Crippen molar-refractivity contribution in [3.8, 4) is 0 Å². The van der Waals surface area contributed by atoms with Crippen molar-refractivity contribution in [1.82, 2.24) is 15.1 Å². The number of nitrogens with zero attached hydrogens (tertiary/aromatic N) is 2. The highest BCUT2D eigenvalue weighted by Gasteiger charge is 2.34. The van der Waals surface area contributed by atoms with Crippen LogP contribution >= 0.6 is 0 Å². The molecule has 0 spiro atoms. The van der Waals surface area contributed by atoms with Crippen molar-refractivity contribution >= 4 is 11.8 Å². The first-order valence-corrected chi connectivity index (χ1v) is 7.81. The molecule has 0 unspecified atom stereocenters. The fourth-order valence-electron chi connectivity index (χ4n) is 2.81. The molecule has 0 aromatic heterocycles. The van der Waals surface area contributed by atoms with E-state index < -0.39 is 0 Å². The largest absolute Gasteiger partial charge is 0.358 e. The average Bonchev–Trinajstić information content (AvgIpc) is 2.54. The van der Waals surface area contributed by atoms with E-state index in [-0.39, 0.29) is 23.8 Å². The molecule has 1 heterocycles. The standard InChI is InChI=1S/C17H25N3O2/c1-13(2)17(22)20-10-9-19(15(12-20)16(21)18-3)11-14-7-5-4-6-8-14/h4-8,13,15H,9-12H2,1-3H3,(H,18,21)/t15-/m0/s1. The minimum absolute atomic E-state index is 0.0304. The summed E-state index contributed by atoms with van der Waals surface area (Å²) in [5, 5.41) is 2.72. The number of likely N-dealkylation sites (N-methyl/N-ethyl adjacent to an activating group) is 1. The van der Waals surface area contributed by atoms with Gasteiger partial charge in [-0.1, -0.05) is 44.2 Å². The van der Waals surface area contributed by atoms with Crippen molar-refractivity contribution in [3.63, 3.8) is 0 Å². The number of rotatable bonds is 4. The van der Waals surface area contributed by atoms with E-state index in [1.54, 1.807) is 7.05 Å². The van der Waals surface area contributed by atoms with Crippen LogP contribution in [-0.4, -0.2) is 54.3 Å². The Morgan fingerprint density at radius 1 is 1.23 bits per heavy atom. The molecule has 5 nitrogen and oxygen atoms in total. The lowest BCUT2D eigenvalue weighted by molar-refractivity contribution is -0.140. The summed E-state index contributed by atoms with van der Waals surface area (Å²) in [6, 6.07) is 9.82. The second-order valence-electron chi connectivity index (χ2n) is 6.03. The quantitative estimate of drug-likeness (QED) is 0.906. The topological polar surface area (TPSA) is 52.7 Å². The first kappa shape index (κ1) is 16.5. The van der Waals surface area contributed by atoms with E-state index in [1.165, 1.54) is 5.56 Å². The zero-order valence-corrected chi connectivity index (χ0v) is 13.6. The Kier molecular flexibility index (Phi) is 5.55. The number of amides is 2. The molecule has 2 rings (SSSR count). The summed E-state index contributed by atoms with van der Waals surface area (Å²) in [5.74, 6) is 0.0523. The molecule has 1 aliphatic heterocycles. The molecular formula is C17H25N3O2. The normalized spacial score (nSPS) is 19.3. The van der Waals surface area contributed by atoms with E-state index in [0.717, 1.165) is 6.54 Å². The highest BCUT2D eigenvalue weighted by molar-refractivity contribution is 5.84. The number of hydrogen-bond donors (Lipinski definition) is 1. The molecule has 1 aromatic carbocycles. The molecule has 120 valence electrons. The van der Waals surface area contributed by atoms with Crippen LogP contribution in [0.5, 0.6) is 0 Å². The molecule has 1 aromatic rings. The Labute approximate surface area is 132 Å². The SMILES string of the molecule is CNC(=O)[C@@H]1CN(C(=O)C(C)C)CCN1Cc1ccccc1. The molecule has 1 aliphatic rings. The van der Waals surface area contributed by atoms with Gasteiger partial charge in [-0.15, -0.1) is 0 Å². The molecule has 1 N–H and O–H groups in total. The van der Waals surface area contributed by atoms with Gasteiger partial charge >= 0.3 is 0 Å². The second-order valence-corrected chi connectivity index (χ2v) is 6.03. The average molecular weight is 303 g/mol. The fourth-order valence-corrected chi connectivity index (χ4v) is 2.81. The zero-order chi connectivity index (χ0) is 16.1. The first-order chi connectivity index (χ1) is 10.5. The van der Waals surface area contributed by atoms with Crippen LogP contribution in [0.25, 0.3) is 0 Å². The van der Waals surface area contributed by atoms with Crippen molar-refractivity contribution < 1.29 is 9.59 Å². The van der Waals surface area contributed by atoms with Gasteiger partial charge in [0, 0.05) is 39.1 Å². The molecule has 5 heteroatoms. The summed E-state index contributed by atoms with van der Waals surface area (Å²) in [5.41, 5.74) is 1.18. The minimum atomic E-state index is -0.290. The Hall–Kier alpha value is -1.88. The van der Waals surface area contributed by atoms with Crippen LogP contribution in [0.15, 0.2) is 30.3 Å². The van der Waals surface area contributed by atoms with Crippen molar-refractivity contribution in [3.05, 3.63) is 35.9 Å². The Balaban J connectivity index is 2.10. The monoisotopic (exact) mass is 303 g/mol. The number of piperazine rings is 1. The number of benzene rings is 1. The van der Waals surface area contributed by atoms with Gasteiger partial charge in [-0.3, -0.25) is 14.5 Å². The number of carbonyl (C=O) groups is 2. The van der Waals surface area contributed by atoms with Crippen LogP contribution in [0.2, 0.25) is 0 Å². The number of nitrogens with one attached hydrogen (secondary N) is 1. The summed E-state index contributed by atoms with van der Waals surface area (Å²) >= 11 is 0. The number of carbonyl (C=O) groups excluding carboxylic acids is 2. The summed E-state index contributed by atoms with van der Waals surface area (Å²) in [6.07, 6.45) is 0. The van der Waals surface area contributed by atoms with Gasteiger partial charge in [0.2, 0.25) is 11.8 Å². The van der Waals surface area contributed by atoms with Crippen LogP contribution < -0.4 is 5.32 Å². The van der Waals surface area contributed by atoms with Crippen LogP contribution in [0.4, 0.5) is 0 Å². The maximum absolute atomic E-state index is 12.2. The van der Waals surface area contributed by atoms with Gasteiger partial charge in [0.25, 0.3) is 0 Å². The molecular weight excluding hydrogens is 278 g/mol. The Morgan fingerprint density at radius 3 is 2.50 bits per heavy atom. The van der Waals surface area contributed by atoms with Gasteiger partial charge in [-0.25, -0.2) is 0 Å². The van der Waals surface area contributed by atoms with Gasteiger partial charge in [0.1, 0.15) is 6.04 Å². The highest BCUT2D eigenvalue weighted by atomic mass is 16.2. The Bertz CT molecular complexity index is 516. The zero-order valence-electron chi connectivity index (χ0n) is 13.6. The molecule has 0 saturated carbocycles. The van der Waals surface area contributed by atoms with Gasteiger partial charge in [-0.05, 0) is 5.56 Å². The third-order valence-corrected chi connectivity index (χ3v) is 4.07. The van der Waals surface area contributed by atoms with E-state index in [2.05, 4.69) is 22.3 Å². The third kappa shape index (κ3) is 3.85.